The van der Waals surface area contributed by atoms with Crippen LogP contribution in [0.3, 0.4) is 0 Å². The number of Topliss-reactive ketones (excluding diaryl/α,β-unsaturated/α-hetero) is 1. The number of benzene rings is 1. The molecular weight excluding hydrogens is 352 g/mol. The van der Waals surface area contributed by atoms with Crippen LogP contribution in [-0.4, -0.2) is 34.7 Å². The highest BCUT2D eigenvalue weighted by molar-refractivity contribution is 7.99. The van der Waals surface area contributed by atoms with Crippen molar-refractivity contribution in [1.82, 2.24) is 9.97 Å². The van der Waals surface area contributed by atoms with Crippen molar-refractivity contribution in [2.75, 3.05) is 5.75 Å². The minimum Gasteiger partial charge on any atom is -0.493 e. The summed E-state index contributed by atoms with van der Waals surface area (Å²) in [6, 6.07) is 8.95. The largest absolute Gasteiger partial charge is 0.493 e. The number of carbonyl (C=O) groups excluding carboxylic acids is 1. The van der Waals surface area contributed by atoms with Crippen LogP contribution in [0.4, 0.5) is 0 Å². The average Bonchev–Trinajstić information content (AvgIpc) is 2.56. The smallest absolute Gasteiger partial charge is 0.258 e. The van der Waals surface area contributed by atoms with Gasteiger partial charge in [0.1, 0.15) is 0 Å². The number of carbonyl (C=O) groups is 1. The Morgan fingerprint density at radius 1 is 1.28 bits per heavy atom. The minimum absolute atomic E-state index is 0.0456. The van der Waals surface area contributed by atoms with Gasteiger partial charge in [0.25, 0.3) is 5.56 Å². The number of hydrogen-bond acceptors (Lipinski definition) is 5. The first kappa shape index (κ1) is 19.5. The van der Waals surface area contributed by atoms with E-state index in [1.165, 1.54) is 0 Å². The van der Waals surface area contributed by atoms with E-state index in [9.17, 15) is 14.7 Å². The molecule has 0 saturated heterocycles. The molecule has 0 aliphatic carbocycles. The Kier molecular flexibility index (Phi) is 6.24. The standard InChI is InChI=1S/C18H24N2O3SSi/c1-5-25(3,4)11-14-16(22)19-18(20-17(14)23)24-10-15(21)13-8-6-12(2)7-9-13/h6-9H,5,10-11H2,1-4H3,(H2,19,20,22,23). The Balaban J connectivity index is 2.10. The topological polar surface area (TPSA) is 83.1 Å². The van der Waals surface area contributed by atoms with E-state index < -0.39 is 8.07 Å². The number of nitrogens with zero attached hydrogens (tertiary/aromatic N) is 1. The summed E-state index contributed by atoms with van der Waals surface area (Å²) in [5.41, 5.74) is 1.76. The molecule has 25 heavy (non-hydrogen) atoms. The number of rotatable bonds is 7. The third-order valence-corrected chi connectivity index (χ3v) is 8.40. The van der Waals surface area contributed by atoms with Crippen molar-refractivity contribution in [2.24, 2.45) is 0 Å². The van der Waals surface area contributed by atoms with Crippen molar-refractivity contribution in [3.63, 3.8) is 0 Å². The van der Waals surface area contributed by atoms with Gasteiger partial charge >= 0.3 is 0 Å². The van der Waals surface area contributed by atoms with Gasteiger partial charge in [-0.15, -0.1) is 0 Å². The molecule has 7 heteroatoms. The number of hydrogen-bond donors (Lipinski definition) is 2. The predicted molar refractivity (Wildman–Crippen MR) is 104 cm³/mol. The summed E-state index contributed by atoms with van der Waals surface area (Å²) < 4.78 is 0. The summed E-state index contributed by atoms with van der Waals surface area (Å²) in [5, 5.41) is 10.4. The van der Waals surface area contributed by atoms with Crippen molar-refractivity contribution in [3.05, 3.63) is 51.3 Å². The minimum atomic E-state index is -1.56. The molecule has 0 unspecified atom stereocenters. The van der Waals surface area contributed by atoms with Crippen LogP contribution in [0.15, 0.2) is 34.2 Å². The predicted octanol–water partition coefficient (Wildman–Crippen LogP) is 3.57. The molecule has 0 atom stereocenters. The van der Waals surface area contributed by atoms with Crippen LogP contribution >= 0.6 is 11.8 Å². The molecule has 0 aliphatic rings. The first-order chi connectivity index (χ1) is 11.7. The van der Waals surface area contributed by atoms with Gasteiger partial charge in [-0.2, -0.15) is 4.98 Å². The molecule has 134 valence electrons. The van der Waals surface area contributed by atoms with Crippen molar-refractivity contribution in [3.8, 4) is 5.88 Å². The van der Waals surface area contributed by atoms with E-state index in [0.717, 1.165) is 23.4 Å². The molecule has 2 rings (SSSR count). The van der Waals surface area contributed by atoms with Gasteiger partial charge < -0.3 is 10.1 Å². The van der Waals surface area contributed by atoms with Gasteiger partial charge in [0.2, 0.25) is 5.88 Å². The fraction of sp³-hybridized carbons (Fsp3) is 0.389. The highest BCUT2D eigenvalue weighted by atomic mass is 32.2. The van der Waals surface area contributed by atoms with Crippen LogP contribution in [0, 0.1) is 6.92 Å². The molecule has 1 heterocycles. The summed E-state index contributed by atoms with van der Waals surface area (Å²) in [5.74, 6) is -0.112. The second-order valence-corrected chi connectivity index (χ2v) is 13.3. The zero-order valence-electron chi connectivity index (χ0n) is 15.0. The Morgan fingerprint density at radius 3 is 2.48 bits per heavy atom. The van der Waals surface area contributed by atoms with Crippen LogP contribution in [0.1, 0.15) is 28.4 Å². The molecule has 0 aliphatic heterocycles. The molecule has 0 spiro atoms. The molecule has 0 fully saturated rings. The van der Waals surface area contributed by atoms with E-state index in [0.29, 0.717) is 17.2 Å². The molecule has 1 aromatic heterocycles. The van der Waals surface area contributed by atoms with Crippen LogP contribution < -0.4 is 5.56 Å². The molecule has 0 amide bonds. The maximum atomic E-state index is 12.3. The lowest BCUT2D eigenvalue weighted by Gasteiger charge is -2.19. The van der Waals surface area contributed by atoms with E-state index in [4.69, 9.17) is 0 Å². The average molecular weight is 377 g/mol. The van der Waals surface area contributed by atoms with Gasteiger partial charge in [-0.05, 0) is 13.0 Å². The fourth-order valence-corrected chi connectivity index (χ4v) is 4.53. The number of thioether (sulfide) groups is 1. The molecule has 0 saturated carbocycles. The Hall–Kier alpha value is -1.86. The van der Waals surface area contributed by atoms with Gasteiger partial charge in [-0.1, -0.05) is 67.7 Å². The van der Waals surface area contributed by atoms with Gasteiger partial charge in [0.05, 0.1) is 19.4 Å². The molecule has 2 aromatic rings. The molecule has 5 nitrogen and oxygen atoms in total. The lowest BCUT2D eigenvalue weighted by Crippen LogP contribution is -2.31. The van der Waals surface area contributed by atoms with Crippen molar-refractivity contribution in [2.45, 2.75) is 44.2 Å². The van der Waals surface area contributed by atoms with Crippen molar-refractivity contribution < 1.29 is 9.90 Å². The van der Waals surface area contributed by atoms with E-state index in [2.05, 4.69) is 30.0 Å². The van der Waals surface area contributed by atoms with Crippen molar-refractivity contribution >= 4 is 25.6 Å². The number of aromatic nitrogens is 2. The van der Waals surface area contributed by atoms with E-state index in [1.807, 2.05) is 19.1 Å². The van der Waals surface area contributed by atoms with Crippen molar-refractivity contribution in [1.29, 1.82) is 0 Å². The van der Waals surface area contributed by atoms with Crippen LogP contribution in [-0.2, 0) is 6.04 Å². The molecule has 1 aromatic carbocycles. The van der Waals surface area contributed by atoms with E-state index in [-0.39, 0.29) is 28.1 Å². The highest BCUT2D eigenvalue weighted by Crippen LogP contribution is 2.22. The number of H-pyrrole nitrogens is 1. The van der Waals surface area contributed by atoms with Gasteiger partial charge in [0, 0.05) is 5.56 Å². The van der Waals surface area contributed by atoms with Crippen LogP contribution in [0.25, 0.3) is 0 Å². The maximum absolute atomic E-state index is 12.3. The lowest BCUT2D eigenvalue weighted by molar-refractivity contribution is 0.102. The number of ketones is 1. The zero-order chi connectivity index (χ0) is 18.6. The second kappa shape index (κ2) is 8.01. The van der Waals surface area contributed by atoms with Gasteiger partial charge in [-0.3, -0.25) is 9.59 Å². The van der Waals surface area contributed by atoms with Gasteiger partial charge in [-0.25, -0.2) is 0 Å². The zero-order valence-corrected chi connectivity index (χ0v) is 16.9. The number of aryl methyl sites for hydroxylation is 1. The van der Waals surface area contributed by atoms with E-state index >= 15 is 0 Å². The third kappa shape index (κ3) is 5.30. The Labute approximate surface area is 152 Å². The maximum Gasteiger partial charge on any atom is 0.258 e. The monoisotopic (exact) mass is 376 g/mol. The number of nitrogens with one attached hydrogen (secondary N) is 1. The molecular formula is C18H24N2O3SSi. The first-order valence-electron chi connectivity index (χ1n) is 8.26. The molecule has 0 radical (unpaired) electrons. The van der Waals surface area contributed by atoms with Crippen LogP contribution in [0.2, 0.25) is 19.1 Å². The first-order valence-corrected chi connectivity index (χ1v) is 12.7. The summed E-state index contributed by atoms with van der Waals surface area (Å²) in [6.45, 7) is 8.42. The fourth-order valence-electron chi connectivity index (χ4n) is 2.25. The normalized spacial score (nSPS) is 11.5. The quantitative estimate of drug-likeness (QED) is 0.334. The van der Waals surface area contributed by atoms with E-state index in [1.54, 1.807) is 12.1 Å². The Bertz CT molecular complexity index is 816. The highest BCUT2D eigenvalue weighted by Gasteiger charge is 2.23. The summed E-state index contributed by atoms with van der Waals surface area (Å²) in [6.07, 6.45) is 0. The summed E-state index contributed by atoms with van der Waals surface area (Å²) in [7, 11) is -1.56. The number of aromatic amines is 1. The van der Waals surface area contributed by atoms with Gasteiger partial charge in [0.15, 0.2) is 10.9 Å². The lowest BCUT2D eigenvalue weighted by atomic mass is 10.1. The SMILES string of the molecule is CC[Si](C)(C)Cc1c(O)nc(SCC(=O)c2ccc(C)cc2)[nH]c1=O. The molecule has 2 N–H and O–H groups in total. The summed E-state index contributed by atoms with van der Waals surface area (Å²) in [4.78, 5) is 31.2. The van der Waals surface area contributed by atoms with Crippen LogP contribution in [0.5, 0.6) is 5.88 Å². The molecule has 0 bridgehead atoms. The third-order valence-electron chi connectivity index (χ3n) is 4.30. The number of aromatic hydroxyl groups is 1. The summed E-state index contributed by atoms with van der Waals surface area (Å²) >= 11 is 1.12. The second-order valence-electron chi connectivity index (χ2n) is 6.95. The Morgan fingerprint density at radius 2 is 1.92 bits per heavy atom.